The number of anilines is 2. The van der Waals surface area contributed by atoms with E-state index in [1.165, 1.54) is 17.7 Å². The Kier molecular flexibility index (Phi) is 3.92. The molecule has 0 aromatic heterocycles. The van der Waals surface area contributed by atoms with Gasteiger partial charge in [0.25, 0.3) is 5.91 Å². The molecule has 108 valence electrons. The van der Waals surface area contributed by atoms with Crippen molar-refractivity contribution in [3.63, 3.8) is 0 Å². The van der Waals surface area contributed by atoms with Crippen molar-refractivity contribution < 1.29 is 9.18 Å². The van der Waals surface area contributed by atoms with Gasteiger partial charge >= 0.3 is 0 Å². The molecule has 2 aromatic rings. The van der Waals surface area contributed by atoms with Crippen LogP contribution in [-0.4, -0.2) is 12.5 Å². The van der Waals surface area contributed by atoms with E-state index < -0.39 is 11.7 Å². The third kappa shape index (κ3) is 3.08. The first-order chi connectivity index (χ1) is 10.1. The number of carbonyl (C=O) groups excluding carboxylic acids is 1. The monoisotopic (exact) mass is 348 g/mol. The zero-order valence-electron chi connectivity index (χ0n) is 11.2. The van der Waals surface area contributed by atoms with Crippen LogP contribution in [0, 0.1) is 5.82 Å². The van der Waals surface area contributed by atoms with E-state index in [0.717, 1.165) is 25.1 Å². The highest BCUT2D eigenvalue weighted by Gasteiger charge is 2.14. The van der Waals surface area contributed by atoms with Crippen LogP contribution in [0.5, 0.6) is 0 Å². The minimum Gasteiger partial charge on any atom is -0.385 e. The second-order valence-corrected chi connectivity index (χ2v) is 5.90. The topological polar surface area (TPSA) is 41.1 Å². The molecule has 1 amide bonds. The quantitative estimate of drug-likeness (QED) is 0.853. The Morgan fingerprint density at radius 3 is 2.90 bits per heavy atom. The molecule has 0 atom stereocenters. The molecule has 3 rings (SSSR count). The number of hydrogen-bond acceptors (Lipinski definition) is 2. The van der Waals surface area contributed by atoms with Gasteiger partial charge < -0.3 is 10.6 Å². The summed E-state index contributed by atoms with van der Waals surface area (Å²) < 4.78 is 14.4. The van der Waals surface area contributed by atoms with E-state index in [2.05, 4.69) is 26.6 Å². The van der Waals surface area contributed by atoms with Crippen LogP contribution in [0.15, 0.2) is 40.9 Å². The van der Waals surface area contributed by atoms with Crippen molar-refractivity contribution >= 4 is 33.2 Å². The average molecular weight is 349 g/mol. The summed E-state index contributed by atoms with van der Waals surface area (Å²) in [5.74, 6) is -0.992. The zero-order valence-corrected chi connectivity index (χ0v) is 12.8. The van der Waals surface area contributed by atoms with Crippen molar-refractivity contribution in [1.29, 1.82) is 0 Å². The number of rotatable bonds is 2. The molecule has 0 saturated carbocycles. The molecule has 0 saturated heterocycles. The molecule has 0 radical (unpaired) electrons. The molecule has 0 aliphatic carbocycles. The first kappa shape index (κ1) is 14.1. The van der Waals surface area contributed by atoms with Crippen LogP contribution in [0.3, 0.4) is 0 Å². The maximum atomic E-state index is 13.8. The number of aryl methyl sites for hydroxylation is 1. The molecule has 0 bridgehead atoms. The van der Waals surface area contributed by atoms with Gasteiger partial charge in [-0.2, -0.15) is 0 Å². The van der Waals surface area contributed by atoms with E-state index in [4.69, 9.17) is 0 Å². The summed E-state index contributed by atoms with van der Waals surface area (Å²) in [6, 6.07) is 10.1. The lowest BCUT2D eigenvalue weighted by Crippen LogP contribution is -2.15. The maximum absolute atomic E-state index is 13.8. The Morgan fingerprint density at radius 2 is 2.10 bits per heavy atom. The third-order valence-electron chi connectivity index (χ3n) is 3.48. The van der Waals surface area contributed by atoms with E-state index in [-0.39, 0.29) is 5.56 Å². The summed E-state index contributed by atoms with van der Waals surface area (Å²) in [6.07, 6.45) is 2.15. The number of nitrogens with one attached hydrogen (secondary N) is 2. The minimum atomic E-state index is -0.544. The third-order valence-corrected chi connectivity index (χ3v) is 3.98. The molecule has 0 unspecified atom stereocenters. The Bertz CT molecular complexity index is 703. The van der Waals surface area contributed by atoms with Crippen molar-refractivity contribution in [2.24, 2.45) is 0 Å². The molecular weight excluding hydrogens is 335 g/mol. The lowest BCUT2D eigenvalue weighted by molar-refractivity contribution is 0.102. The van der Waals surface area contributed by atoms with Gasteiger partial charge in [0.05, 0.1) is 5.56 Å². The number of amides is 1. The summed E-state index contributed by atoms with van der Waals surface area (Å²) in [6.45, 7) is 0.936. The second kappa shape index (κ2) is 5.85. The molecule has 1 heterocycles. The molecule has 1 aliphatic heterocycles. The predicted octanol–water partition coefficient (Wildman–Crippen LogP) is 4.20. The van der Waals surface area contributed by atoms with Gasteiger partial charge in [0.1, 0.15) is 5.82 Å². The number of fused-ring (bicyclic) bond motifs is 1. The van der Waals surface area contributed by atoms with Gasteiger partial charge in [0.15, 0.2) is 0 Å². The van der Waals surface area contributed by atoms with Crippen LogP contribution < -0.4 is 10.6 Å². The van der Waals surface area contributed by atoms with E-state index in [0.29, 0.717) is 10.2 Å². The maximum Gasteiger partial charge on any atom is 0.258 e. The van der Waals surface area contributed by atoms with Gasteiger partial charge in [-0.25, -0.2) is 4.39 Å². The Labute approximate surface area is 130 Å². The van der Waals surface area contributed by atoms with Gasteiger partial charge in [-0.3, -0.25) is 4.79 Å². The van der Waals surface area contributed by atoms with Crippen LogP contribution in [0.1, 0.15) is 22.3 Å². The molecule has 1 aliphatic rings. The fourth-order valence-electron chi connectivity index (χ4n) is 2.41. The number of benzene rings is 2. The zero-order chi connectivity index (χ0) is 14.8. The van der Waals surface area contributed by atoms with Gasteiger partial charge in [-0.15, -0.1) is 0 Å². The van der Waals surface area contributed by atoms with Gasteiger partial charge in [-0.05, 0) is 48.7 Å². The van der Waals surface area contributed by atoms with E-state index in [1.807, 2.05) is 18.2 Å². The molecule has 0 spiro atoms. The summed E-state index contributed by atoms with van der Waals surface area (Å²) in [4.78, 5) is 12.1. The van der Waals surface area contributed by atoms with Crippen molar-refractivity contribution in [2.45, 2.75) is 12.8 Å². The largest absolute Gasteiger partial charge is 0.385 e. The fourth-order valence-corrected chi connectivity index (χ4v) is 2.74. The van der Waals surface area contributed by atoms with E-state index in [1.54, 1.807) is 6.07 Å². The molecule has 2 N–H and O–H groups in total. The minimum absolute atomic E-state index is 0.0314. The predicted molar refractivity (Wildman–Crippen MR) is 85.3 cm³/mol. The Hall–Kier alpha value is -1.88. The summed E-state index contributed by atoms with van der Waals surface area (Å²) in [7, 11) is 0. The van der Waals surface area contributed by atoms with Crippen molar-refractivity contribution in [2.75, 3.05) is 17.2 Å². The van der Waals surface area contributed by atoms with Crippen LogP contribution in [0.25, 0.3) is 0 Å². The first-order valence-corrected chi connectivity index (χ1v) is 7.56. The Morgan fingerprint density at radius 1 is 1.24 bits per heavy atom. The van der Waals surface area contributed by atoms with Crippen LogP contribution in [-0.2, 0) is 6.42 Å². The lowest BCUT2D eigenvalue weighted by Gasteiger charge is -2.19. The number of carbonyl (C=O) groups is 1. The second-order valence-electron chi connectivity index (χ2n) is 4.98. The number of hydrogen-bond donors (Lipinski definition) is 2. The molecule has 3 nitrogen and oxygen atoms in total. The van der Waals surface area contributed by atoms with Crippen molar-refractivity contribution in [1.82, 2.24) is 0 Å². The summed E-state index contributed by atoms with van der Waals surface area (Å²) in [5, 5.41) is 6.04. The summed E-state index contributed by atoms with van der Waals surface area (Å²) in [5.41, 5.74) is 2.98. The Balaban J connectivity index is 1.81. The SMILES string of the molecule is O=C(Nc1ccc2c(c1)NCCC2)c1ccc(Br)cc1F. The lowest BCUT2D eigenvalue weighted by atomic mass is 10.0. The molecule has 2 aromatic carbocycles. The van der Waals surface area contributed by atoms with Gasteiger partial charge in [0.2, 0.25) is 0 Å². The van der Waals surface area contributed by atoms with Gasteiger partial charge in [-0.1, -0.05) is 22.0 Å². The normalized spacial score (nSPS) is 13.2. The van der Waals surface area contributed by atoms with Crippen molar-refractivity contribution in [3.05, 3.63) is 57.8 Å². The van der Waals surface area contributed by atoms with Crippen molar-refractivity contribution in [3.8, 4) is 0 Å². The van der Waals surface area contributed by atoms with Crippen LogP contribution in [0.4, 0.5) is 15.8 Å². The fraction of sp³-hybridized carbons (Fsp3) is 0.188. The molecule has 5 heteroatoms. The average Bonchev–Trinajstić information content (AvgIpc) is 2.47. The van der Waals surface area contributed by atoms with Gasteiger partial charge in [0, 0.05) is 22.4 Å². The smallest absolute Gasteiger partial charge is 0.258 e. The number of halogens is 2. The highest BCUT2D eigenvalue weighted by molar-refractivity contribution is 9.10. The molecule has 0 fully saturated rings. The molecular formula is C16H14BrFN2O. The van der Waals surface area contributed by atoms with E-state index >= 15 is 0 Å². The van der Waals surface area contributed by atoms with Crippen LogP contribution in [0.2, 0.25) is 0 Å². The highest BCUT2D eigenvalue weighted by atomic mass is 79.9. The molecule has 21 heavy (non-hydrogen) atoms. The first-order valence-electron chi connectivity index (χ1n) is 6.77. The summed E-state index contributed by atoms with van der Waals surface area (Å²) >= 11 is 3.17. The standard InChI is InChI=1S/C16H14BrFN2O/c17-11-4-6-13(14(18)8-11)16(21)20-12-5-3-10-2-1-7-19-15(10)9-12/h3-6,8-9,19H,1-2,7H2,(H,20,21). The van der Waals surface area contributed by atoms with Crippen LogP contribution >= 0.6 is 15.9 Å². The van der Waals surface area contributed by atoms with E-state index in [9.17, 15) is 9.18 Å². The highest BCUT2D eigenvalue weighted by Crippen LogP contribution is 2.26.